The largest absolute Gasteiger partial charge is 0.298 e. The predicted molar refractivity (Wildman–Crippen MR) is 49.2 cm³/mol. The highest BCUT2D eigenvalue weighted by Gasteiger charge is 2.35. The molecule has 3 N–H and O–H groups in total. The molecule has 2 heterocycles. The van der Waals surface area contributed by atoms with Crippen molar-refractivity contribution in [2.45, 2.75) is 32.0 Å². The van der Waals surface area contributed by atoms with E-state index in [0.717, 1.165) is 12.8 Å². The van der Waals surface area contributed by atoms with Gasteiger partial charge < -0.3 is 0 Å². The third-order valence-corrected chi connectivity index (χ3v) is 3.83. The molecule has 76 valence electrons. The molecule has 0 aromatic rings. The molecule has 3 unspecified atom stereocenters. The van der Waals surface area contributed by atoms with E-state index in [2.05, 4.69) is 21.7 Å². The molecule has 6 heteroatoms. The molecule has 0 aromatic carbocycles. The van der Waals surface area contributed by atoms with Crippen LogP contribution in [0.4, 0.5) is 0 Å². The van der Waals surface area contributed by atoms with Crippen molar-refractivity contribution in [3.8, 4) is 0 Å². The molecule has 0 aromatic heterocycles. The van der Waals surface area contributed by atoms with E-state index >= 15 is 0 Å². The molecule has 2 saturated heterocycles. The van der Waals surface area contributed by atoms with Gasteiger partial charge in [0.05, 0.1) is 6.17 Å². The van der Waals surface area contributed by atoms with Gasteiger partial charge in [0.15, 0.2) is 0 Å². The normalized spacial score (nSPS) is 43.9. The third kappa shape index (κ3) is 2.01. The van der Waals surface area contributed by atoms with Gasteiger partial charge in [0.2, 0.25) is 0 Å². The lowest BCUT2D eigenvalue weighted by Gasteiger charge is -2.39. The fraction of sp³-hybridized carbons (Fsp3) is 1.00. The number of piperidine rings is 1. The van der Waals surface area contributed by atoms with Crippen LogP contribution in [0.2, 0.25) is 0 Å². The van der Waals surface area contributed by atoms with Crippen LogP contribution in [0.25, 0.3) is 0 Å². The van der Waals surface area contributed by atoms with Gasteiger partial charge in [-0.25, -0.2) is 4.72 Å². The summed E-state index contributed by atoms with van der Waals surface area (Å²) in [6.45, 7) is 2.63. The molecular weight excluding hydrogens is 190 g/mol. The molecule has 2 fully saturated rings. The Morgan fingerprint density at radius 2 is 2.08 bits per heavy atom. The molecule has 0 bridgehead atoms. The van der Waals surface area contributed by atoms with Gasteiger partial charge in [0, 0.05) is 18.5 Å². The second kappa shape index (κ2) is 3.20. The Kier molecular flexibility index (Phi) is 2.31. The van der Waals surface area contributed by atoms with Crippen LogP contribution >= 0.6 is 0 Å². The summed E-state index contributed by atoms with van der Waals surface area (Å²) in [5.41, 5.74) is 0. The Morgan fingerprint density at radius 1 is 1.31 bits per heavy atom. The molecule has 2 aliphatic rings. The Morgan fingerprint density at radius 3 is 2.85 bits per heavy atom. The number of nitrogens with one attached hydrogen (secondary N) is 3. The first-order valence-electron chi connectivity index (χ1n) is 4.60. The Hall–Kier alpha value is -0.170. The molecule has 2 aliphatic heterocycles. The van der Waals surface area contributed by atoms with Gasteiger partial charge in [-0.15, -0.1) is 0 Å². The second-order valence-electron chi connectivity index (χ2n) is 3.85. The Bertz CT molecular complexity index is 290. The zero-order valence-electron chi connectivity index (χ0n) is 7.58. The van der Waals surface area contributed by atoms with Gasteiger partial charge >= 0.3 is 0 Å². The molecule has 3 atom stereocenters. The van der Waals surface area contributed by atoms with Crippen molar-refractivity contribution >= 4 is 10.2 Å². The molecule has 0 saturated carbocycles. The van der Waals surface area contributed by atoms with Crippen molar-refractivity contribution in [3.05, 3.63) is 0 Å². The summed E-state index contributed by atoms with van der Waals surface area (Å²) in [6, 6.07) is 0.405. The predicted octanol–water partition coefficient (Wildman–Crippen LogP) is -0.862. The number of hydrogen-bond acceptors (Lipinski definition) is 3. The smallest absolute Gasteiger partial charge is 0.278 e. The van der Waals surface area contributed by atoms with E-state index in [1.54, 1.807) is 0 Å². The zero-order valence-corrected chi connectivity index (χ0v) is 8.39. The molecule has 0 spiro atoms. The fourth-order valence-corrected chi connectivity index (χ4v) is 3.04. The number of rotatable bonds is 0. The van der Waals surface area contributed by atoms with Crippen LogP contribution in [0, 0.1) is 5.92 Å². The van der Waals surface area contributed by atoms with Gasteiger partial charge in [-0.1, -0.05) is 0 Å². The van der Waals surface area contributed by atoms with Crippen molar-refractivity contribution < 1.29 is 8.42 Å². The third-order valence-electron chi connectivity index (χ3n) is 2.72. The standard InChI is InChI=1S/C7H15N3O2S/c1-5-2-3-6-4-8-13(11,12)10-7(6)9-5/h5-10H,2-4H2,1H3. The highest BCUT2D eigenvalue weighted by atomic mass is 32.2. The van der Waals surface area contributed by atoms with Gasteiger partial charge in [-0.3, -0.25) is 5.32 Å². The molecule has 0 amide bonds. The van der Waals surface area contributed by atoms with Crippen molar-refractivity contribution in [3.63, 3.8) is 0 Å². The van der Waals surface area contributed by atoms with E-state index in [-0.39, 0.29) is 6.17 Å². The fourth-order valence-electron chi connectivity index (χ4n) is 1.93. The molecule has 0 aliphatic carbocycles. The summed E-state index contributed by atoms with van der Waals surface area (Å²) < 4.78 is 27.4. The summed E-state index contributed by atoms with van der Waals surface area (Å²) in [6.07, 6.45) is 2.12. The van der Waals surface area contributed by atoms with Crippen LogP contribution in [0.15, 0.2) is 0 Å². The van der Waals surface area contributed by atoms with Crippen LogP contribution in [0.3, 0.4) is 0 Å². The minimum Gasteiger partial charge on any atom is -0.298 e. The summed E-state index contributed by atoms with van der Waals surface area (Å²) in [7, 11) is -3.24. The average molecular weight is 205 g/mol. The van der Waals surface area contributed by atoms with E-state index in [9.17, 15) is 8.42 Å². The molecule has 5 nitrogen and oxygen atoms in total. The maximum atomic E-state index is 11.1. The maximum Gasteiger partial charge on any atom is 0.278 e. The first-order valence-corrected chi connectivity index (χ1v) is 6.08. The molecular formula is C7H15N3O2S. The summed E-state index contributed by atoms with van der Waals surface area (Å²) >= 11 is 0. The lowest BCUT2D eigenvalue weighted by molar-refractivity contribution is 0.216. The Balaban J connectivity index is 2.08. The zero-order chi connectivity index (χ0) is 9.47. The maximum absolute atomic E-state index is 11.1. The lowest BCUT2D eigenvalue weighted by atomic mass is 9.93. The highest BCUT2D eigenvalue weighted by Crippen LogP contribution is 2.20. The van der Waals surface area contributed by atoms with Crippen molar-refractivity contribution in [2.24, 2.45) is 5.92 Å². The van der Waals surface area contributed by atoms with Crippen LogP contribution in [0.1, 0.15) is 19.8 Å². The van der Waals surface area contributed by atoms with Crippen LogP contribution in [0.5, 0.6) is 0 Å². The quantitative estimate of drug-likeness (QED) is 0.482. The van der Waals surface area contributed by atoms with Crippen molar-refractivity contribution in [1.29, 1.82) is 0 Å². The van der Waals surface area contributed by atoms with E-state index in [0.29, 0.717) is 18.5 Å². The minimum absolute atomic E-state index is 0.0741. The first kappa shape index (κ1) is 9.39. The van der Waals surface area contributed by atoms with E-state index in [4.69, 9.17) is 0 Å². The molecule has 13 heavy (non-hydrogen) atoms. The lowest BCUT2D eigenvalue weighted by Crippen LogP contribution is -2.64. The molecule has 2 rings (SSSR count). The summed E-state index contributed by atoms with van der Waals surface area (Å²) in [4.78, 5) is 0. The SMILES string of the molecule is CC1CCC2CNS(=O)(=O)NC2N1. The summed E-state index contributed by atoms with van der Waals surface area (Å²) in [5.74, 6) is 0.389. The minimum atomic E-state index is -3.24. The van der Waals surface area contributed by atoms with Gasteiger partial charge in [0.1, 0.15) is 0 Å². The average Bonchev–Trinajstić information content (AvgIpc) is 2.01. The highest BCUT2D eigenvalue weighted by molar-refractivity contribution is 7.87. The van der Waals surface area contributed by atoms with E-state index in [1.807, 2.05) is 0 Å². The van der Waals surface area contributed by atoms with Crippen LogP contribution < -0.4 is 14.8 Å². The van der Waals surface area contributed by atoms with Crippen LogP contribution in [-0.4, -0.2) is 27.2 Å². The number of fused-ring (bicyclic) bond motifs is 1. The monoisotopic (exact) mass is 205 g/mol. The van der Waals surface area contributed by atoms with Crippen molar-refractivity contribution in [1.82, 2.24) is 14.8 Å². The van der Waals surface area contributed by atoms with Gasteiger partial charge in [-0.2, -0.15) is 13.1 Å². The first-order chi connectivity index (χ1) is 6.07. The van der Waals surface area contributed by atoms with Gasteiger partial charge in [0.25, 0.3) is 10.2 Å². The number of hydrogen-bond donors (Lipinski definition) is 3. The second-order valence-corrected chi connectivity index (χ2v) is 5.38. The molecule has 0 radical (unpaired) electrons. The Labute approximate surface area is 78.5 Å². The van der Waals surface area contributed by atoms with Crippen molar-refractivity contribution in [2.75, 3.05) is 6.54 Å². The van der Waals surface area contributed by atoms with Crippen LogP contribution in [-0.2, 0) is 10.2 Å². The summed E-state index contributed by atoms with van der Waals surface area (Å²) in [5, 5.41) is 3.24. The van der Waals surface area contributed by atoms with E-state index in [1.165, 1.54) is 0 Å². The van der Waals surface area contributed by atoms with E-state index < -0.39 is 10.2 Å². The van der Waals surface area contributed by atoms with Gasteiger partial charge in [-0.05, 0) is 19.8 Å². The topological polar surface area (TPSA) is 70.2 Å².